The van der Waals surface area contributed by atoms with E-state index < -0.39 is 10.0 Å². The lowest BCUT2D eigenvalue weighted by Crippen LogP contribution is -2.42. The molecule has 0 rings (SSSR count). The smallest absolute Gasteiger partial charge is 0.211 e. The lowest BCUT2D eigenvalue weighted by Gasteiger charge is -2.16. The molecule has 0 aliphatic heterocycles. The van der Waals surface area contributed by atoms with E-state index in [9.17, 15) is 8.42 Å². The van der Waals surface area contributed by atoms with Gasteiger partial charge in [-0.05, 0) is 33.6 Å². The lowest BCUT2D eigenvalue weighted by atomic mass is 10.3. The van der Waals surface area contributed by atoms with Crippen LogP contribution in [0, 0.1) is 0 Å². The molecule has 19 heavy (non-hydrogen) atoms. The van der Waals surface area contributed by atoms with Crippen LogP contribution in [0.25, 0.3) is 0 Å². The van der Waals surface area contributed by atoms with E-state index in [1.165, 1.54) is 0 Å². The fraction of sp³-hybridized carbons (Fsp3) is 0.917. The topological polar surface area (TPSA) is 82.6 Å². The highest BCUT2D eigenvalue weighted by Gasteiger charge is 2.05. The van der Waals surface area contributed by atoms with Crippen LogP contribution < -0.4 is 15.4 Å². The van der Waals surface area contributed by atoms with Crippen molar-refractivity contribution in [2.24, 2.45) is 4.99 Å². The number of hydrogen-bond acceptors (Lipinski definition) is 3. The van der Waals surface area contributed by atoms with E-state index in [0.29, 0.717) is 25.6 Å². The van der Waals surface area contributed by atoms with Crippen molar-refractivity contribution in [3.05, 3.63) is 0 Å². The molecular weight excluding hydrogens is 264 g/mol. The molecule has 0 fully saturated rings. The van der Waals surface area contributed by atoms with Crippen molar-refractivity contribution in [1.82, 2.24) is 15.4 Å². The van der Waals surface area contributed by atoms with Gasteiger partial charge in [-0.1, -0.05) is 6.92 Å². The first-order valence-corrected chi connectivity index (χ1v) is 8.62. The SMILES string of the molecule is CCNC(=NCCCNS(=O)(=O)CC)NC(C)CC. The molecule has 0 aromatic heterocycles. The summed E-state index contributed by atoms with van der Waals surface area (Å²) in [5.41, 5.74) is 0. The van der Waals surface area contributed by atoms with Gasteiger partial charge in [0, 0.05) is 25.7 Å². The number of rotatable bonds is 9. The predicted molar refractivity (Wildman–Crippen MR) is 80.9 cm³/mol. The maximum atomic E-state index is 11.2. The highest BCUT2D eigenvalue weighted by atomic mass is 32.2. The molecule has 0 saturated heterocycles. The number of nitrogens with zero attached hydrogens (tertiary/aromatic N) is 1. The Morgan fingerprint density at radius 3 is 2.47 bits per heavy atom. The molecule has 0 aromatic carbocycles. The monoisotopic (exact) mass is 292 g/mol. The van der Waals surface area contributed by atoms with Crippen LogP contribution in [0.3, 0.4) is 0 Å². The Labute approximate surface area is 117 Å². The molecule has 0 saturated carbocycles. The second-order valence-electron chi connectivity index (χ2n) is 4.37. The molecule has 7 heteroatoms. The van der Waals surface area contributed by atoms with Crippen molar-refractivity contribution >= 4 is 16.0 Å². The number of guanidine groups is 1. The van der Waals surface area contributed by atoms with Gasteiger partial charge in [0.15, 0.2) is 5.96 Å². The number of aliphatic imine (C=N–C) groups is 1. The Hall–Kier alpha value is -0.820. The minimum atomic E-state index is -3.08. The number of nitrogens with one attached hydrogen (secondary N) is 3. The van der Waals surface area contributed by atoms with E-state index in [2.05, 4.69) is 34.2 Å². The third-order valence-electron chi connectivity index (χ3n) is 2.65. The summed E-state index contributed by atoms with van der Waals surface area (Å²) in [6, 6.07) is 0.372. The Balaban J connectivity index is 4.04. The van der Waals surface area contributed by atoms with E-state index in [1.807, 2.05) is 6.92 Å². The largest absolute Gasteiger partial charge is 0.357 e. The van der Waals surface area contributed by atoms with Crippen LogP contribution in [0.2, 0.25) is 0 Å². The first-order valence-electron chi connectivity index (χ1n) is 6.97. The fourth-order valence-electron chi connectivity index (χ4n) is 1.26. The van der Waals surface area contributed by atoms with Crippen LogP contribution >= 0.6 is 0 Å². The van der Waals surface area contributed by atoms with Gasteiger partial charge >= 0.3 is 0 Å². The predicted octanol–water partition coefficient (Wildman–Crippen LogP) is 0.669. The molecule has 1 atom stereocenters. The van der Waals surface area contributed by atoms with Gasteiger partial charge in [0.1, 0.15) is 0 Å². The quantitative estimate of drug-likeness (QED) is 0.331. The first-order chi connectivity index (χ1) is 8.95. The molecule has 3 N–H and O–H groups in total. The van der Waals surface area contributed by atoms with Crippen LogP contribution in [0.15, 0.2) is 4.99 Å². The maximum Gasteiger partial charge on any atom is 0.211 e. The molecule has 114 valence electrons. The van der Waals surface area contributed by atoms with Crippen molar-refractivity contribution in [1.29, 1.82) is 0 Å². The Morgan fingerprint density at radius 2 is 1.95 bits per heavy atom. The van der Waals surface area contributed by atoms with Gasteiger partial charge in [-0.25, -0.2) is 13.1 Å². The van der Waals surface area contributed by atoms with Crippen molar-refractivity contribution in [2.45, 2.75) is 46.6 Å². The molecule has 6 nitrogen and oxygen atoms in total. The Morgan fingerprint density at radius 1 is 1.26 bits per heavy atom. The van der Waals surface area contributed by atoms with Gasteiger partial charge in [-0.15, -0.1) is 0 Å². The highest BCUT2D eigenvalue weighted by Crippen LogP contribution is 1.89. The molecule has 0 aromatic rings. The van der Waals surface area contributed by atoms with Gasteiger partial charge in [0.25, 0.3) is 0 Å². The van der Waals surface area contributed by atoms with Crippen LogP contribution in [0.5, 0.6) is 0 Å². The van der Waals surface area contributed by atoms with Crippen molar-refractivity contribution in [3.63, 3.8) is 0 Å². The van der Waals surface area contributed by atoms with E-state index in [0.717, 1.165) is 18.9 Å². The van der Waals surface area contributed by atoms with Crippen LogP contribution in [0.4, 0.5) is 0 Å². The Bertz CT molecular complexity index is 355. The Kier molecular flexibility index (Phi) is 9.59. The standard InChI is InChI=1S/C12H28N4O2S/c1-5-11(4)16-12(13-6-2)14-9-8-10-15-19(17,18)7-3/h11,15H,5-10H2,1-4H3,(H2,13,14,16). The molecule has 0 heterocycles. The molecule has 0 spiro atoms. The molecule has 0 bridgehead atoms. The van der Waals surface area contributed by atoms with Gasteiger partial charge in [0.2, 0.25) is 10.0 Å². The first kappa shape index (κ1) is 18.2. The van der Waals surface area contributed by atoms with Gasteiger partial charge in [-0.3, -0.25) is 4.99 Å². The zero-order valence-corrected chi connectivity index (χ0v) is 13.3. The summed E-state index contributed by atoms with van der Waals surface area (Å²) in [5.74, 6) is 0.907. The molecule has 0 aliphatic carbocycles. The maximum absolute atomic E-state index is 11.2. The van der Waals surface area contributed by atoms with Crippen molar-refractivity contribution in [3.8, 4) is 0 Å². The zero-order chi connectivity index (χ0) is 14.7. The molecule has 0 amide bonds. The number of hydrogen-bond donors (Lipinski definition) is 3. The third-order valence-corrected chi connectivity index (χ3v) is 4.05. The summed E-state index contributed by atoms with van der Waals surface area (Å²) in [7, 11) is -3.08. The molecule has 1 unspecified atom stereocenters. The summed E-state index contributed by atoms with van der Waals surface area (Å²) in [6.45, 7) is 9.69. The van der Waals surface area contributed by atoms with Gasteiger partial charge in [0.05, 0.1) is 5.75 Å². The van der Waals surface area contributed by atoms with Crippen molar-refractivity contribution < 1.29 is 8.42 Å². The second-order valence-corrected chi connectivity index (χ2v) is 6.46. The minimum absolute atomic E-state index is 0.120. The molecule has 0 aliphatic rings. The number of sulfonamides is 1. The third kappa shape index (κ3) is 9.72. The summed E-state index contributed by atoms with van der Waals surface area (Å²) in [5, 5.41) is 6.45. The van der Waals surface area contributed by atoms with E-state index >= 15 is 0 Å². The molecule has 0 radical (unpaired) electrons. The van der Waals surface area contributed by atoms with Crippen LogP contribution in [-0.2, 0) is 10.0 Å². The van der Waals surface area contributed by atoms with Crippen molar-refractivity contribution in [2.75, 3.05) is 25.4 Å². The lowest BCUT2D eigenvalue weighted by molar-refractivity contribution is 0.580. The van der Waals surface area contributed by atoms with Gasteiger partial charge < -0.3 is 10.6 Å². The van der Waals surface area contributed by atoms with Gasteiger partial charge in [-0.2, -0.15) is 0 Å². The van der Waals surface area contributed by atoms with Crippen LogP contribution in [0.1, 0.15) is 40.5 Å². The highest BCUT2D eigenvalue weighted by molar-refractivity contribution is 7.89. The average Bonchev–Trinajstić information content (AvgIpc) is 2.38. The summed E-state index contributed by atoms with van der Waals surface area (Å²) < 4.78 is 25.0. The minimum Gasteiger partial charge on any atom is -0.357 e. The molecular formula is C12H28N4O2S. The fourth-order valence-corrected chi connectivity index (χ4v) is 1.91. The van der Waals surface area contributed by atoms with E-state index in [-0.39, 0.29) is 5.75 Å². The van der Waals surface area contributed by atoms with E-state index in [1.54, 1.807) is 6.92 Å². The van der Waals surface area contributed by atoms with Crippen LogP contribution in [-0.4, -0.2) is 45.8 Å². The normalized spacial score (nSPS) is 14.2. The summed E-state index contributed by atoms with van der Waals surface area (Å²) >= 11 is 0. The van der Waals surface area contributed by atoms with E-state index in [4.69, 9.17) is 0 Å². The average molecular weight is 292 g/mol. The summed E-state index contributed by atoms with van der Waals surface area (Å²) in [6.07, 6.45) is 1.72. The second kappa shape index (κ2) is 10.0. The zero-order valence-electron chi connectivity index (χ0n) is 12.5. The summed E-state index contributed by atoms with van der Waals surface area (Å²) in [4.78, 5) is 4.41.